The minimum atomic E-state index is -0.493. The van der Waals surface area contributed by atoms with Crippen LogP contribution in [-0.2, 0) is 9.53 Å². The lowest BCUT2D eigenvalue weighted by Gasteiger charge is -2.21. The van der Waals surface area contributed by atoms with Crippen molar-refractivity contribution in [2.75, 3.05) is 19.8 Å². The topological polar surface area (TPSA) is 93.7 Å². The summed E-state index contributed by atoms with van der Waals surface area (Å²) in [6.07, 6.45) is 0.440. The SMILES string of the molecule is CCOC(=O)C1=C(COc2ccc(C(=O)CC)cc2)NC(=O)NC1. The third kappa shape index (κ3) is 4.34. The van der Waals surface area contributed by atoms with Gasteiger partial charge < -0.3 is 20.1 Å². The van der Waals surface area contributed by atoms with E-state index < -0.39 is 12.0 Å². The lowest BCUT2D eigenvalue weighted by Crippen LogP contribution is -2.45. The van der Waals surface area contributed by atoms with Crippen molar-refractivity contribution in [1.29, 1.82) is 0 Å². The quantitative estimate of drug-likeness (QED) is 0.586. The Morgan fingerprint density at radius 3 is 2.50 bits per heavy atom. The van der Waals surface area contributed by atoms with Crippen LogP contribution in [0.25, 0.3) is 0 Å². The van der Waals surface area contributed by atoms with E-state index in [0.717, 1.165) is 0 Å². The summed E-state index contributed by atoms with van der Waals surface area (Å²) in [5, 5.41) is 5.09. The highest BCUT2D eigenvalue weighted by atomic mass is 16.5. The van der Waals surface area contributed by atoms with Crippen molar-refractivity contribution in [3.63, 3.8) is 0 Å². The minimum Gasteiger partial charge on any atom is -0.487 e. The minimum absolute atomic E-state index is 0.0165. The number of ketones is 1. The number of amides is 2. The summed E-state index contributed by atoms with van der Waals surface area (Å²) < 4.78 is 10.6. The molecule has 24 heavy (non-hydrogen) atoms. The van der Waals surface area contributed by atoms with Gasteiger partial charge in [0.1, 0.15) is 12.4 Å². The molecule has 0 bridgehead atoms. The first kappa shape index (κ1) is 17.5. The van der Waals surface area contributed by atoms with Crippen molar-refractivity contribution in [1.82, 2.24) is 10.6 Å². The van der Waals surface area contributed by atoms with Crippen LogP contribution in [0.4, 0.5) is 4.79 Å². The molecule has 7 nitrogen and oxygen atoms in total. The van der Waals surface area contributed by atoms with Crippen LogP contribution in [0.3, 0.4) is 0 Å². The van der Waals surface area contributed by atoms with Gasteiger partial charge in [0.15, 0.2) is 5.78 Å². The molecule has 2 amide bonds. The molecule has 1 aromatic rings. The van der Waals surface area contributed by atoms with Crippen molar-refractivity contribution in [3.8, 4) is 5.75 Å². The Kier molecular flexibility index (Phi) is 5.95. The number of carbonyl (C=O) groups is 3. The molecule has 7 heteroatoms. The first-order chi connectivity index (χ1) is 11.5. The number of urea groups is 1. The first-order valence-electron chi connectivity index (χ1n) is 7.75. The van der Waals surface area contributed by atoms with Gasteiger partial charge in [0.05, 0.1) is 24.4 Å². The number of esters is 1. The maximum absolute atomic E-state index is 11.9. The highest BCUT2D eigenvalue weighted by Gasteiger charge is 2.23. The number of ether oxygens (including phenoxy) is 2. The second kappa shape index (κ2) is 8.14. The molecule has 128 valence electrons. The molecule has 0 saturated heterocycles. The van der Waals surface area contributed by atoms with Crippen LogP contribution in [0.15, 0.2) is 35.5 Å². The van der Waals surface area contributed by atoms with E-state index in [1.807, 2.05) is 0 Å². The summed E-state index contributed by atoms with van der Waals surface area (Å²) in [4.78, 5) is 35.0. The van der Waals surface area contributed by atoms with Gasteiger partial charge in [0, 0.05) is 12.0 Å². The van der Waals surface area contributed by atoms with Crippen LogP contribution in [0.5, 0.6) is 5.75 Å². The van der Waals surface area contributed by atoms with Gasteiger partial charge in [-0.1, -0.05) is 6.92 Å². The highest BCUT2D eigenvalue weighted by Crippen LogP contribution is 2.16. The average Bonchev–Trinajstić information content (AvgIpc) is 2.60. The number of hydrogen-bond donors (Lipinski definition) is 2. The molecule has 1 heterocycles. The molecule has 1 aliphatic heterocycles. The molecular formula is C17H20N2O5. The number of carbonyl (C=O) groups excluding carboxylic acids is 3. The van der Waals surface area contributed by atoms with E-state index in [1.165, 1.54) is 0 Å². The molecule has 1 aromatic carbocycles. The summed E-state index contributed by atoms with van der Waals surface area (Å²) >= 11 is 0. The van der Waals surface area contributed by atoms with Gasteiger partial charge in [-0.25, -0.2) is 9.59 Å². The third-order valence-corrected chi connectivity index (χ3v) is 3.46. The summed E-state index contributed by atoms with van der Waals surface area (Å²) in [6, 6.07) is 6.32. The zero-order valence-electron chi connectivity index (χ0n) is 13.7. The maximum Gasteiger partial charge on any atom is 0.337 e. The molecule has 2 N–H and O–H groups in total. The number of hydrogen-bond acceptors (Lipinski definition) is 5. The molecule has 0 fully saturated rings. The molecule has 1 aliphatic rings. The van der Waals surface area contributed by atoms with Crippen LogP contribution >= 0.6 is 0 Å². The Morgan fingerprint density at radius 1 is 1.17 bits per heavy atom. The van der Waals surface area contributed by atoms with E-state index in [1.54, 1.807) is 38.1 Å². The van der Waals surface area contributed by atoms with E-state index >= 15 is 0 Å². The number of rotatable bonds is 7. The molecule has 0 unspecified atom stereocenters. The molecule has 0 aromatic heterocycles. The average molecular weight is 332 g/mol. The summed E-state index contributed by atoms with van der Waals surface area (Å²) in [5.74, 6) is 0.0955. The van der Waals surface area contributed by atoms with E-state index in [0.29, 0.717) is 29.0 Å². The van der Waals surface area contributed by atoms with Crippen molar-refractivity contribution >= 4 is 17.8 Å². The summed E-state index contributed by atoms with van der Waals surface area (Å²) in [5.41, 5.74) is 1.31. The largest absolute Gasteiger partial charge is 0.487 e. The van der Waals surface area contributed by atoms with Gasteiger partial charge in [-0.3, -0.25) is 4.79 Å². The lowest BCUT2D eigenvalue weighted by molar-refractivity contribution is -0.138. The van der Waals surface area contributed by atoms with E-state index in [9.17, 15) is 14.4 Å². The van der Waals surface area contributed by atoms with Gasteiger partial charge >= 0.3 is 12.0 Å². The second-order valence-corrected chi connectivity index (χ2v) is 5.08. The maximum atomic E-state index is 11.9. The van der Waals surface area contributed by atoms with Gasteiger partial charge in [-0.05, 0) is 31.2 Å². The third-order valence-electron chi connectivity index (χ3n) is 3.46. The van der Waals surface area contributed by atoms with Gasteiger partial charge in [-0.2, -0.15) is 0 Å². The fourth-order valence-electron chi connectivity index (χ4n) is 2.17. The van der Waals surface area contributed by atoms with E-state index in [4.69, 9.17) is 9.47 Å². The molecule has 0 saturated carbocycles. The smallest absolute Gasteiger partial charge is 0.337 e. The summed E-state index contributed by atoms with van der Waals surface area (Å²) in [7, 11) is 0. The highest BCUT2D eigenvalue weighted by molar-refractivity contribution is 5.96. The Labute approximate surface area is 140 Å². The Hall–Kier alpha value is -2.83. The van der Waals surface area contributed by atoms with Crippen LogP contribution in [0, 0.1) is 0 Å². The fourth-order valence-corrected chi connectivity index (χ4v) is 2.17. The van der Waals surface area contributed by atoms with Crippen molar-refractivity contribution in [3.05, 3.63) is 41.1 Å². The number of nitrogens with one attached hydrogen (secondary N) is 2. The van der Waals surface area contributed by atoms with Crippen molar-refractivity contribution in [2.24, 2.45) is 0 Å². The van der Waals surface area contributed by atoms with Crippen LogP contribution in [-0.4, -0.2) is 37.5 Å². The number of Topliss-reactive ketones (excluding diaryl/α,β-unsaturated/α-hetero) is 1. The normalized spacial score (nSPS) is 13.8. The molecular weight excluding hydrogens is 312 g/mol. The first-order valence-corrected chi connectivity index (χ1v) is 7.75. The molecule has 0 aliphatic carbocycles. The molecule has 0 spiro atoms. The standard InChI is InChI=1S/C17H20N2O5/c1-3-15(20)11-5-7-12(8-6-11)24-10-14-13(16(21)23-4-2)9-18-17(22)19-14/h5-8H,3-4,9-10H2,1-2H3,(H2,18,19,22). The van der Waals surface area contributed by atoms with Gasteiger partial charge in [0.25, 0.3) is 0 Å². The Balaban J connectivity index is 2.08. The van der Waals surface area contributed by atoms with Gasteiger partial charge in [0.2, 0.25) is 0 Å². The predicted molar refractivity (Wildman–Crippen MR) is 86.8 cm³/mol. The zero-order chi connectivity index (χ0) is 17.5. The van der Waals surface area contributed by atoms with Crippen molar-refractivity contribution in [2.45, 2.75) is 20.3 Å². The van der Waals surface area contributed by atoms with E-state index in [2.05, 4.69) is 10.6 Å². The predicted octanol–water partition coefficient (Wildman–Crippen LogP) is 1.79. The van der Waals surface area contributed by atoms with Crippen molar-refractivity contribution < 1.29 is 23.9 Å². The van der Waals surface area contributed by atoms with Crippen LogP contribution in [0.2, 0.25) is 0 Å². The fraction of sp³-hybridized carbons (Fsp3) is 0.353. The van der Waals surface area contributed by atoms with E-state index in [-0.39, 0.29) is 25.5 Å². The summed E-state index contributed by atoms with van der Waals surface area (Å²) in [6.45, 7) is 3.87. The lowest BCUT2D eigenvalue weighted by atomic mass is 10.1. The Bertz CT molecular complexity index is 664. The van der Waals surface area contributed by atoms with Crippen LogP contribution in [0.1, 0.15) is 30.6 Å². The monoisotopic (exact) mass is 332 g/mol. The zero-order valence-corrected chi connectivity index (χ0v) is 13.7. The van der Waals surface area contributed by atoms with Gasteiger partial charge in [-0.15, -0.1) is 0 Å². The second-order valence-electron chi connectivity index (χ2n) is 5.08. The molecule has 0 radical (unpaired) electrons. The Morgan fingerprint density at radius 2 is 1.88 bits per heavy atom. The molecule has 0 atom stereocenters. The number of benzene rings is 1. The van der Waals surface area contributed by atoms with Crippen LogP contribution < -0.4 is 15.4 Å². The molecule has 2 rings (SSSR count).